The first kappa shape index (κ1) is 19.7. The Kier molecular flexibility index (Phi) is 5.24. The molecule has 0 saturated heterocycles. The second kappa shape index (κ2) is 8.00. The molecule has 3 aromatic rings. The number of esters is 2. The first-order valence-corrected chi connectivity index (χ1v) is 9.25. The summed E-state index contributed by atoms with van der Waals surface area (Å²) in [6.45, 7) is 2.01. The van der Waals surface area contributed by atoms with Crippen molar-refractivity contribution in [1.82, 2.24) is 4.98 Å². The molecule has 0 bridgehead atoms. The predicted molar refractivity (Wildman–Crippen MR) is 109 cm³/mol. The summed E-state index contributed by atoms with van der Waals surface area (Å²) in [5.74, 6) is -0.793. The van der Waals surface area contributed by atoms with Crippen molar-refractivity contribution in [3.63, 3.8) is 0 Å². The second-order valence-corrected chi connectivity index (χ2v) is 6.70. The van der Waals surface area contributed by atoms with Crippen molar-refractivity contribution in [2.24, 2.45) is 0 Å². The highest BCUT2D eigenvalue weighted by Gasteiger charge is 2.32. The summed E-state index contributed by atoms with van der Waals surface area (Å²) in [7, 11) is 2.50. The Labute approximate surface area is 172 Å². The minimum Gasteiger partial charge on any atom is -0.466 e. The number of hydrogen-bond acceptors (Lipinski definition) is 8. The summed E-state index contributed by atoms with van der Waals surface area (Å²) in [4.78, 5) is 30.8. The number of hydrogen-bond donors (Lipinski definition) is 0. The quantitative estimate of drug-likeness (QED) is 0.608. The zero-order chi connectivity index (χ0) is 21.3. The molecule has 0 spiro atoms. The number of anilines is 1. The van der Waals surface area contributed by atoms with Crippen LogP contribution in [0.25, 0.3) is 22.6 Å². The molecular formula is C22H20N2O6. The number of aryl methyl sites for hydroxylation is 1. The Bertz CT molecular complexity index is 1160. The molecule has 2 heterocycles. The molecule has 4 rings (SSSR count). The van der Waals surface area contributed by atoms with Crippen LogP contribution in [0.1, 0.15) is 5.56 Å². The molecule has 0 radical (unpaired) electrons. The maximum absolute atomic E-state index is 12.5. The molecule has 1 aliphatic heterocycles. The second-order valence-electron chi connectivity index (χ2n) is 6.70. The van der Waals surface area contributed by atoms with Crippen molar-refractivity contribution in [2.75, 3.05) is 32.5 Å². The van der Waals surface area contributed by atoms with Gasteiger partial charge in [0.05, 0.1) is 26.4 Å². The van der Waals surface area contributed by atoms with E-state index < -0.39 is 11.9 Å². The van der Waals surface area contributed by atoms with Crippen LogP contribution in [0.3, 0.4) is 0 Å². The summed E-state index contributed by atoms with van der Waals surface area (Å²) in [5.41, 5.74) is 3.95. The van der Waals surface area contributed by atoms with Crippen LogP contribution in [0.2, 0.25) is 0 Å². The van der Waals surface area contributed by atoms with E-state index in [0.717, 1.165) is 11.1 Å². The monoisotopic (exact) mass is 408 g/mol. The fraction of sp³-hybridized carbons (Fsp3) is 0.227. The van der Waals surface area contributed by atoms with E-state index in [1.807, 2.05) is 31.2 Å². The van der Waals surface area contributed by atoms with Crippen LogP contribution in [0, 0.1) is 6.92 Å². The fourth-order valence-electron chi connectivity index (χ4n) is 3.36. The number of rotatable bonds is 4. The lowest BCUT2D eigenvalue weighted by Crippen LogP contribution is -2.38. The lowest BCUT2D eigenvalue weighted by molar-refractivity contribution is -0.140. The van der Waals surface area contributed by atoms with Gasteiger partial charge < -0.3 is 23.5 Å². The van der Waals surface area contributed by atoms with E-state index in [1.165, 1.54) is 14.2 Å². The number of fused-ring (bicyclic) bond motifs is 1. The molecule has 0 unspecified atom stereocenters. The molecule has 1 aromatic heterocycles. The topological polar surface area (TPSA) is 91.1 Å². The molecule has 8 nitrogen and oxygen atoms in total. The number of nitrogens with zero attached hydrogens (tertiary/aromatic N) is 2. The lowest BCUT2D eigenvalue weighted by atomic mass is 10.1. The average molecular weight is 408 g/mol. The zero-order valence-corrected chi connectivity index (χ0v) is 16.8. The highest BCUT2D eigenvalue weighted by atomic mass is 16.5. The molecule has 30 heavy (non-hydrogen) atoms. The van der Waals surface area contributed by atoms with Gasteiger partial charge in [-0.2, -0.15) is 0 Å². The third-order valence-corrected chi connectivity index (χ3v) is 4.89. The number of methoxy groups -OCH3 is 2. The molecule has 0 N–H and O–H groups in total. The third kappa shape index (κ3) is 3.42. The van der Waals surface area contributed by atoms with Crippen molar-refractivity contribution in [3.05, 3.63) is 59.3 Å². The molecule has 0 fully saturated rings. The van der Waals surface area contributed by atoms with E-state index >= 15 is 0 Å². The standard InChI is InChI=1S/C22H20N2O6/c1-13-6-4-5-7-15(13)20-23-17-10-14(8-9-18(17)30-20)24-12-29-11-16(21(25)27-2)19(24)22(26)28-3/h4-10H,11-12H2,1-3H3. The van der Waals surface area contributed by atoms with Crippen LogP contribution in [-0.4, -0.2) is 44.5 Å². The molecule has 0 atom stereocenters. The molecule has 2 aromatic carbocycles. The van der Waals surface area contributed by atoms with Gasteiger partial charge >= 0.3 is 11.9 Å². The van der Waals surface area contributed by atoms with Crippen molar-refractivity contribution >= 4 is 28.7 Å². The smallest absolute Gasteiger partial charge is 0.355 e. The Morgan fingerprint density at radius 2 is 1.83 bits per heavy atom. The van der Waals surface area contributed by atoms with Gasteiger partial charge in [0.2, 0.25) is 5.89 Å². The van der Waals surface area contributed by atoms with Crippen molar-refractivity contribution in [1.29, 1.82) is 0 Å². The van der Waals surface area contributed by atoms with Crippen LogP contribution in [0.15, 0.2) is 58.2 Å². The van der Waals surface area contributed by atoms with Gasteiger partial charge in [0.15, 0.2) is 5.58 Å². The van der Waals surface area contributed by atoms with Crippen LogP contribution >= 0.6 is 0 Å². The first-order chi connectivity index (χ1) is 14.5. The highest BCUT2D eigenvalue weighted by Crippen LogP contribution is 2.32. The van der Waals surface area contributed by atoms with Crippen LogP contribution in [0.4, 0.5) is 5.69 Å². The summed E-state index contributed by atoms with van der Waals surface area (Å²) >= 11 is 0. The molecule has 8 heteroatoms. The lowest BCUT2D eigenvalue weighted by Gasteiger charge is -2.31. The minimum absolute atomic E-state index is 0.0444. The number of benzene rings is 2. The van der Waals surface area contributed by atoms with Gasteiger partial charge in [-0.05, 0) is 36.8 Å². The minimum atomic E-state index is -0.653. The van der Waals surface area contributed by atoms with E-state index in [-0.39, 0.29) is 24.6 Å². The van der Waals surface area contributed by atoms with Crippen molar-refractivity contribution < 1.29 is 28.2 Å². The van der Waals surface area contributed by atoms with Gasteiger partial charge in [-0.1, -0.05) is 18.2 Å². The summed E-state index contributed by atoms with van der Waals surface area (Å²) in [5, 5.41) is 0. The SMILES string of the molecule is COC(=O)C1=C(C(=O)OC)N(c2ccc3oc(-c4ccccc4C)nc3c2)COC1. The van der Waals surface area contributed by atoms with Crippen LogP contribution < -0.4 is 4.90 Å². The number of oxazole rings is 1. The molecule has 0 amide bonds. The average Bonchev–Trinajstić information content (AvgIpc) is 3.20. The molecule has 0 saturated carbocycles. The molecule has 154 valence electrons. The van der Waals surface area contributed by atoms with Crippen LogP contribution in [-0.2, 0) is 23.8 Å². The van der Waals surface area contributed by atoms with Gasteiger partial charge in [0, 0.05) is 11.3 Å². The normalized spacial score (nSPS) is 14.2. The Morgan fingerprint density at radius 3 is 2.57 bits per heavy atom. The maximum Gasteiger partial charge on any atom is 0.355 e. The molecule has 1 aliphatic rings. The Morgan fingerprint density at radius 1 is 1.07 bits per heavy atom. The Balaban J connectivity index is 1.79. The molecular weight excluding hydrogens is 388 g/mol. The molecule has 0 aliphatic carbocycles. The predicted octanol–water partition coefficient (Wildman–Crippen LogP) is 3.20. The largest absolute Gasteiger partial charge is 0.466 e. The maximum atomic E-state index is 12.5. The number of ether oxygens (including phenoxy) is 3. The first-order valence-electron chi connectivity index (χ1n) is 9.25. The van der Waals surface area contributed by atoms with Crippen molar-refractivity contribution in [2.45, 2.75) is 6.92 Å². The van der Waals surface area contributed by atoms with Crippen molar-refractivity contribution in [3.8, 4) is 11.5 Å². The fourth-order valence-corrected chi connectivity index (χ4v) is 3.36. The third-order valence-electron chi connectivity index (χ3n) is 4.89. The summed E-state index contributed by atoms with van der Waals surface area (Å²) in [6.07, 6.45) is 0. The van der Waals surface area contributed by atoms with Gasteiger partial charge in [-0.15, -0.1) is 0 Å². The number of carbonyl (C=O) groups excluding carboxylic acids is 2. The van der Waals surface area contributed by atoms with Gasteiger partial charge in [0.25, 0.3) is 0 Å². The van der Waals surface area contributed by atoms with E-state index in [1.54, 1.807) is 23.1 Å². The zero-order valence-electron chi connectivity index (χ0n) is 16.8. The van der Waals surface area contributed by atoms with E-state index in [4.69, 9.17) is 18.6 Å². The number of aromatic nitrogens is 1. The summed E-state index contributed by atoms with van der Waals surface area (Å²) in [6, 6.07) is 13.1. The van der Waals surface area contributed by atoms with E-state index in [0.29, 0.717) is 22.7 Å². The van der Waals surface area contributed by atoms with Crippen LogP contribution in [0.5, 0.6) is 0 Å². The van der Waals surface area contributed by atoms with Gasteiger partial charge in [0.1, 0.15) is 17.9 Å². The highest BCUT2D eigenvalue weighted by molar-refractivity contribution is 6.03. The number of carbonyl (C=O) groups is 2. The summed E-state index contributed by atoms with van der Waals surface area (Å²) < 4.78 is 21.1. The van der Waals surface area contributed by atoms with Gasteiger partial charge in [-0.3, -0.25) is 0 Å². The Hall–Kier alpha value is -3.65. The van der Waals surface area contributed by atoms with Gasteiger partial charge in [-0.25, -0.2) is 14.6 Å². The van der Waals surface area contributed by atoms with E-state index in [2.05, 4.69) is 4.98 Å². The van der Waals surface area contributed by atoms with E-state index in [9.17, 15) is 9.59 Å².